The topological polar surface area (TPSA) is 72.9 Å². The van der Waals surface area contributed by atoms with Gasteiger partial charge in [0.1, 0.15) is 11.6 Å². The first-order chi connectivity index (χ1) is 9.79. The highest BCUT2D eigenvalue weighted by Gasteiger charge is 2.24. The molecule has 0 amide bonds. The summed E-state index contributed by atoms with van der Waals surface area (Å²) in [6.07, 6.45) is 5.14. The second-order valence-electron chi connectivity index (χ2n) is 5.62. The Bertz CT molecular complexity index is 612. The molecule has 7 heteroatoms. The average molecular weight is 290 g/mol. The molecule has 0 aromatic carbocycles. The molecule has 1 saturated carbocycles. The van der Waals surface area contributed by atoms with E-state index < -0.39 is 0 Å². The highest BCUT2D eigenvalue weighted by Crippen LogP contribution is 2.34. The molecule has 0 saturated heterocycles. The molecule has 0 unspecified atom stereocenters. The lowest BCUT2D eigenvalue weighted by Crippen LogP contribution is -2.33. The summed E-state index contributed by atoms with van der Waals surface area (Å²) in [5.41, 5.74) is 6.91. The number of nitrogen functional groups attached to an aromatic ring is 1. The van der Waals surface area contributed by atoms with E-state index in [1.807, 2.05) is 10.7 Å². The maximum absolute atomic E-state index is 5.75. The zero-order valence-electron chi connectivity index (χ0n) is 11.3. The van der Waals surface area contributed by atoms with Crippen LogP contribution in [-0.2, 0) is 13.1 Å². The quantitative estimate of drug-likeness (QED) is 0.915. The van der Waals surface area contributed by atoms with Gasteiger partial charge in [0, 0.05) is 30.1 Å². The Balaban J connectivity index is 1.53. The van der Waals surface area contributed by atoms with Crippen LogP contribution in [0.5, 0.6) is 0 Å². The van der Waals surface area contributed by atoms with E-state index in [0.717, 1.165) is 36.3 Å². The van der Waals surface area contributed by atoms with Crippen molar-refractivity contribution in [2.24, 2.45) is 0 Å². The van der Waals surface area contributed by atoms with Crippen LogP contribution in [0.25, 0.3) is 0 Å². The van der Waals surface area contributed by atoms with Gasteiger partial charge in [-0.3, -0.25) is 4.68 Å². The lowest BCUT2D eigenvalue weighted by Gasteiger charge is -2.26. The third kappa shape index (κ3) is 2.06. The van der Waals surface area contributed by atoms with Gasteiger partial charge in [-0.15, -0.1) is 0 Å². The summed E-state index contributed by atoms with van der Waals surface area (Å²) in [5.74, 6) is 2.25. The van der Waals surface area contributed by atoms with Gasteiger partial charge in [-0.2, -0.15) is 9.47 Å². The Labute approximate surface area is 121 Å². The maximum atomic E-state index is 5.75. The van der Waals surface area contributed by atoms with Crippen molar-refractivity contribution in [1.29, 1.82) is 0 Å². The standard InChI is InChI=1S/C13H18N6S/c14-11-7-10-8-18(5-6-19(10)16-11)13-15-12(17-20-13)9-3-1-2-4-9/h7,9H,1-6,8H2,(H2,14,16). The molecule has 106 valence electrons. The van der Waals surface area contributed by atoms with E-state index in [0.29, 0.717) is 11.7 Å². The van der Waals surface area contributed by atoms with E-state index in [-0.39, 0.29) is 0 Å². The molecule has 1 fully saturated rings. The summed E-state index contributed by atoms with van der Waals surface area (Å²) in [4.78, 5) is 7.05. The van der Waals surface area contributed by atoms with Crippen LogP contribution in [0, 0.1) is 0 Å². The fourth-order valence-electron chi connectivity index (χ4n) is 3.16. The van der Waals surface area contributed by atoms with Crippen LogP contribution >= 0.6 is 11.5 Å². The number of aromatic nitrogens is 4. The molecule has 20 heavy (non-hydrogen) atoms. The summed E-state index contributed by atoms with van der Waals surface area (Å²) in [6, 6.07) is 1.95. The SMILES string of the molecule is Nc1cc2n(n1)CCN(c1nc(C3CCCC3)ns1)C2. The van der Waals surface area contributed by atoms with Crippen LogP contribution in [0.3, 0.4) is 0 Å². The maximum Gasteiger partial charge on any atom is 0.205 e. The molecule has 2 aliphatic rings. The summed E-state index contributed by atoms with van der Waals surface area (Å²) in [6.45, 7) is 2.61. The Hall–Kier alpha value is -1.63. The number of anilines is 2. The van der Waals surface area contributed by atoms with Gasteiger partial charge in [0.2, 0.25) is 5.13 Å². The molecule has 6 nitrogen and oxygen atoms in total. The van der Waals surface area contributed by atoms with Crippen molar-refractivity contribution in [1.82, 2.24) is 19.1 Å². The van der Waals surface area contributed by atoms with E-state index in [2.05, 4.69) is 14.4 Å². The highest BCUT2D eigenvalue weighted by molar-refractivity contribution is 7.09. The molecule has 0 bridgehead atoms. The van der Waals surface area contributed by atoms with Crippen molar-refractivity contribution in [2.75, 3.05) is 17.2 Å². The summed E-state index contributed by atoms with van der Waals surface area (Å²) in [7, 11) is 0. The Kier molecular flexibility index (Phi) is 2.87. The average Bonchev–Trinajstić information content (AvgIpc) is 3.17. The number of nitrogens with zero attached hydrogens (tertiary/aromatic N) is 5. The van der Waals surface area contributed by atoms with Gasteiger partial charge in [-0.05, 0) is 12.8 Å². The largest absolute Gasteiger partial charge is 0.382 e. The molecular formula is C13H18N6S. The van der Waals surface area contributed by atoms with Crippen LogP contribution in [-0.4, -0.2) is 25.7 Å². The molecule has 2 N–H and O–H groups in total. The van der Waals surface area contributed by atoms with Crippen LogP contribution in [0.1, 0.15) is 43.1 Å². The van der Waals surface area contributed by atoms with Crippen LogP contribution < -0.4 is 10.6 Å². The smallest absolute Gasteiger partial charge is 0.205 e. The lowest BCUT2D eigenvalue weighted by molar-refractivity contribution is 0.520. The molecule has 0 radical (unpaired) electrons. The molecule has 0 spiro atoms. The first-order valence-electron chi connectivity index (χ1n) is 7.20. The fourth-order valence-corrected chi connectivity index (χ4v) is 3.93. The Morgan fingerprint density at radius 1 is 1.25 bits per heavy atom. The highest BCUT2D eigenvalue weighted by atomic mass is 32.1. The van der Waals surface area contributed by atoms with Gasteiger partial charge in [0.05, 0.1) is 18.8 Å². The van der Waals surface area contributed by atoms with E-state index in [4.69, 9.17) is 10.7 Å². The van der Waals surface area contributed by atoms with Gasteiger partial charge in [-0.25, -0.2) is 4.98 Å². The second kappa shape index (κ2) is 4.73. The molecule has 4 rings (SSSR count). The minimum atomic E-state index is 0.589. The first kappa shape index (κ1) is 12.1. The fraction of sp³-hybridized carbons (Fsp3) is 0.615. The van der Waals surface area contributed by atoms with Crippen molar-refractivity contribution in [2.45, 2.75) is 44.7 Å². The Morgan fingerprint density at radius 3 is 2.95 bits per heavy atom. The summed E-state index contributed by atoms with van der Waals surface area (Å²) >= 11 is 1.53. The van der Waals surface area contributed by atoms with Crippen molar-refractivity contribution >= 4 is 22.5 Å². The second-order valence-corrected chi connectivity index (χ2v) is 6.35. The summed E-state index contributed by atoms with van der Waals surface area (Å²) < 4.78 is 6.57. The number of nitrogens with two attached hydrogens (primary N) is 1. The normalized spacial score (nSPS) is 19.5. The lowest BCUT2D eigenvalue weighted by atomic mass is 10.1. The summed E-state index contributed by atoms with van der Waals surface area (Å²) in [5, 5.41) is 5.32. The zero-order valence-corrected chi connectivity index (χ0v) is 12.1. The minimum absolute atomic E-state index is 0.589. The van der Waals surface area contributed by atoms with Gasteiger partial charge in [-0.1, -0.05) is 12.8 Å². The number of hydrogen-bond donors (Lipinski definition) is 1. The molecular weight excluding hydrogens is 272 g/mol. The predicted molar refractivity (Wildman–Crippen MR) is 78.8 cm³/mol. The monoisotopic (exact) mass is 290 g/mol. The molecule has 2 aromatic heterocycles. The van der Waals surface area contributed by atoms with Crippen LogP contribution in [0.4, 0.5) is 10.9 Å². The van der Waals surface area contributed by atoms with E-state index in [1.54, 1.807) is 0 Å². The third-order valence-electron chi connectivity index (χ3n) is 4.24. The van der Waals surface area contributed by atoms with Gasteiger partial charge in [0.15, 0.2) is 0 Å². The number of fused-ring (bicyclic) bond motifs is 1. The molecule has 1 aliphatic heterocycles. The van der Waals surface area contributed by atoms with Crippen molar-refractivity contribution < 1.29 is 0 Å². The van der Waals surface area contributed by atoms with E-state index in [1.165, 1.54) is 37.2 Å². The molecule has 2 aromatic rings. The first-order valence-corrected chi connectivity index (χ1v) is 7.98. The van der Waals surface area contributed by atoms with Crippen molar-refractivity contribution in [3.05, 3.63) is 17.6 Å². The molecule has 3 heterocycles. The third-order valence-corrected chi connectivity index (χ3v) is 5.03. The van der Waals surface area contributed by atoms with Gasteiger partial charge in [0.25, 0.3) is 0 Å². The number of hydrogen-bond acceptors (Lipinski definition) is 6. The zero-order chi connectivity index (χ0) is 13.5. The van der Waals surface area contributed by atoms with E-state index in [9.17, 15) is 0 Å². The Morgan fingerprint density at radius 2 is 2.10 bits per heavy atom. The predicted octanol–water partition coefficient (Wildman–Crippen LogP) is 1.99. The minimum Gasteiger partial charge on any atom is -0.382 e. The number of rotatable bonds is 2. The van der Waals surface area contributed by atoms with Crippen LogP contribution in [0.2, 0.25) is 0 Å². The molecule has 0 atom stereocenters. The van der Waals surface area contributed by atoms with Gasteiger partial charge < -0.3 is 10.6 Å². The van der Waals surface area contributed by atoms with Crippen LogP contribution in [0.15, 0.2) is 6.07 Å². The molecule has 1 aliphatic carbocycles. The van der Waals surface area contributed by atoms with E-state index >= 15 is 0 Å². The van der Waals surface area contributed by atoms with Gasteiger partial charge >= 0.3 is 0 Å². The van der Waals surface area contributed by atoms with Crippen molar-refractivity contribution in [3.8, 4) is 0 Å². The van der Waals surface area contributed by atoms with Crippen molar-refractivity contribution in [3.63, 3.8) is 0 Å².